The molecule has 1 aromatic heterocycles. The van der Waals surface area contributed by atoms with Crippen molar-refractivity contribution in [2.75, 3.05) is 32.1 Å². The van der Waals surface area contributed by atoms with Gasteiger partial charge in [-0.1, -0.05) is 11.6 Å². The van der Waals surface area contributed by atoms with Crippen molar-refractivity contribution in [3.05, 3.63) is 22.8 Å². The summed E-state index contributed by atoms with van der Waals surface area (Å²) in [4.78, 5) is 19.7. The summed E-state index contributed by atoms with van der Waals surface area (Å²) in [6, 6.07) is 3.45. The lowest BCUT2D eigenvalue weighted by Gasteiger charge is -2.37. The summed E-state index contributed by atoms with van der Waals surface area (Å²) in [6.45, 7) is 1.60. The van der Waals surface area contributed by atoms with Crippen LogP contribution < -0.4 is 4.90 Å². The molecule has 0 aliphatic carbocycles. The lowest BCUT2D eigenvalue weighted by atomic mass is 10.0. The van der Waals surface area contributed by atoms with Crippen molar-refractivity contribution in [3.8, 4) is 0 Å². The average Bonchev–Trinajstić information content (AvgIpc) is 2.38. The first-order valence-corrected chi connectivity index (χ1v) is 6.68. The second kappa shape index (κ2) is 5.75. The van der Waals surface area contributed by atoms with Crippen molar-refractivity contribution in [3.63, 3.8) is 0 Å². The molecule has 0 aromatic carbocycles. The highest BCUT2D eigenvalue weighted by atomic mass is 35.5. The molecule has 1 N–H and O–H groups in total. The van der Waals surface area contributed by atoms with Crippen molar-refractivity contribution in [1.29, 1.82) is 0 Å². The van der Waals surface area contributed by atoms with Crippen LogP contribution >= 0.6 is 11.6 Å². The molecule has 1 atom stereocenters. The van der Waals surface area contributed by atoms with E-state index in [4.69, 9.17) is 11.6 Å². The maximum absolute atomic E-state index is 11.3. The fourth-order valence-electron chi connectivity index (χ4n) is 2.40. The van der Waals surface area contributed by atoms with E-state index in [2.05, 4.69) is 9.88 Å². The quantitative estimate of drug-likeness (QED) is 0.860. The van der Waals surface area contributed by atoms with Gasteiger partial charge in [0.15, 0.2) is 0 Å². The molecule has 0 saturated carbocycles. The van der Waals surface area contributed by atoms with Crippen LogP contribution in [0.5, 0.6) is 0 Å². The third kappa shape index (κ3) is 3.16. The van der Waals surface area contributed by atoms with Gasteiger partial charge in [-0.05, 0) is 39.1 Å². The highest BCUT2D eigenvalue weighted by Crippen LogP contribution is 2.25. The Balaban J connectivity index is 2.30. The second-order valence-electron chi connectivity index (χ2n) is 5.02. The molecule has 1 aliphatic heterocycles. The van der Waals surface area contributed by atoms with Gasteiger partial charge in [-0.3, -0.25) is 0 Å². The van der Waals surface area contributed by atoms with E-state index in [1.54, 1.807) is 0 Å². The first kappa shape index (κ1) is 14.1. The van der Waals surface area contributed by atoms with Gasteiger partial charge in [-0.15, -0.1) is 0 Å². The number of pyridine rings is 1. The van der Waals surface area contributed by atoms with E-state index in [9.17, 15) is 9.90 Å². The monoisotopic (exact) mass is 283 g/mol. The molecule has 1 unspecified atom stereocenters. The third-order valence-electron chi connectivity index (χ3n) is 3.50. The molecular formula is C13H18ClN3O2. The van der Waals surface area contributed by atoms with Crippen molar-refractivity contribution in [2.45, 2.75) is 18.9 Å². The number of carbonyl (C=O) groups is 1. The topological polar surface area (TPSA) is 56.7 Å². The third-order valence-corrected chi connectivity index (χ3v) is 3.71. The smallest absolute Gasteiger partial charge is 0.339 e. The number of carboxylic acid groups (broad SMARTS) is 1. The highest BCUT2D eigenvalue weighted by molar-refractivity contribution is 6.29. The van der Waals surface area contributed by atoms with E-state index in [1.807, 2.05) is 19.0 Å². The Morgan fingerprint density at radius 3 is 2.89 bits per heavy atom. The number of piperidine rings is 1. The minimum absolute atomic E-state index is 0.212. The van der Waals surface area contributed by atoms with Crippen molar-refractivity contribution >= 4 is 23.4 Å². The number of hydrogen-bond donors (Lipinski definition) is 1. The molecule has 0 radical (unpaired) electrons. The Bertz CT molecular complexity index is 479. The molecule has 1 saturated heterocycles. The van der Waals surface area contributed by atoms with Crippen LogP contribution in [0.4, 0.5) is 5.82 Å². The number of hydrogen-bond acceptors (Lipinski definition) is 4. The fourth-order valence-corrected chi connectivity index (χ4v) is 2.54. The number of aromatic carboxylic acids is 1. The largest absolute Gasteiger partial charge is 0.478 e. The number of nitrogens with zero attached hydrogens (tertiary/aromatic N) is 3. The Kier molecular flexibility index (Phi) is 4.27. The molecular weight excluding hydrogens is 266 g/mol. The van der Waals surface area contributed by atoms with Crippen molar-refractivity contribution < 1.29 is 9.90 Å². The Morgan fingerprint density at radius 2 is 2.26 bits per heavy atom. The molecule has 19 heavy (non-hydrogen) atoms. The maximum atomic E-state index is 11.3. The predicted octanol–water partition coefficient (Wildman–Crippen LogP) is 1.96. The van der Waals surface area contributed by atoms with Crippen LogP contribution in [-0.4, -0.2) is 54.2 Å². The minimum Gasteiger partial charge on any atom is -0.478 e. The van der Waals surface area contributed by atoms with Crippen LogP contribution in [-0.2, 0) is 0 Å². The number of halogens is 1. The molecule has 1 fully saturated rings. The van der Waals surface area contributed by atoms with Crippen LogP contribution in [0.1, 0.15) is 23.2 Å². The summed E-state index contributed by atoms with van der Waals surface area (Å²) in [6.07, 6.45) is 2.14. The highest BCUT2D eigenvalue weighted by Gasteiger charge is 2.25. The van der Waals surface area contributed by atoms with Crippen LogP contribution in [0.15, 0.2) is 12.1 Å². The Hall–Kier alpha value is -1.33. The summed E-state index contributed by atoms with van der Waals surface area (Å²) in [5, 5.41) is 9.57. The van der Waals surface area contributed by atoms with Gasteiger partial charge in [-0.25, -0.2) is 9.78 Å². The van der Waals surface area contributed by atoms with E-state index in [-0.39, 0.29) is 5.56 Å². The zero-order valence-electron chi connectivity index (χ0n) is 11.1. The fraction of sp³-hybridized carbons (Fsp3) is 0.538. The van der Waals surface area contributed by atoms with Gasteiger partial charge >= 0.3 is 5.97 Å². The zero-order chi connectivity index (χ0) is 14.0. The van der Waals surface area contributed by atoms with Crippen LogP contribution in [0.25, 0.3) is 0 Å². The summed E-state index contributed by atoms with van der Waals surface area (Å²) in [5.74, 6) is -0.488. The maximum Gasteiger partial charge on any atom is 0.339 e. The normalized spacial score (nSPS) is 19.8. The molecule has 1 aliphatic rings. The number of carboxylic acids is 1. The number of rotatable bonds is 3. The van der Waals surface area contributed by atoms with Crippen molar-refractivity contribution in [1.82, 2.24) is 9.88 Å². The molecule has 0 amide bonds. The Morgan fingerprint density at radius 1 is 1.53 bits per heavy atom. The van der Waals surface area contributed by atoms with Gasteiger partial charge in [0.05, 0.1) is 0 Å². The van der Waals surface area contributed by atoms with Crippen LogP contribution in [0.3, 0.4) is 0 Å². The number of aromatic nitrogens is 1. The predicted molar refractivity (Wildman–Crippen MR) is 75.1 cm³/mol. The standard InChI is InChI=1S/C13H18ClN3O2/c1-16(2)9-4-3-7-17(8-9)12-10(13(18)19)5-6-11(14)15-12/h5-6,9H,3-4,7-8H2,1-2H3,(H,18,19). The first-order valence-electron chi connectivity index (χ1n) is 6.30. The summed E-state index contributed by atoms with van der Waals surface area (Å²) in [7, 11) is 4.08. The average molecular weight is 284 g/mol. The summed E-state index contributed by atoms with van der Waals surface area (Å²) < 4.78 is 0. The second-order valence-corrected chi connectivity index (χ2v) is 5.40. The van der Waals surface area contributed by atoms with Crippen molar-refractivity contribution in [2.24, 2.45) is 0 Å². The molecule has 2 rings (SSSR count). The minimum atomic E-state index is -0.967. The number of likely N-dealkylation sites (N-methyl/N-ethyl adjacent to an activating group) is 1. The SMILES string of the molecule is CN(C)C1CCCN(c2nc(Cl)ccc2C(=O)O)C1. The molecule has 1 aromatic rings. The zero-order valence-corrected chi connectivity index (χ0v) is 11.9. The van der Waals surface area contributed by atoms with E-state index in [0.717, 1.165) is 25.9 Å². The van der Waals surface area contributed by atoms with E-state index in [0.29, 0.717) is 17.0 Å². The molecule has 2 heterocycles. The first-order chi connectivity index (χ1) is 8.99. The lowest BCUT2D eigenvalue weighted by molar-refractivity contribution is 0.0697. The van der Waals surface area contributed by atoms with E-state index < -0.39 is 5.97 Å². The molecule has 0 spiro atoms. The lowest BCUT2D eigenvalue weighted by Crippen LogP contribution is -2.45. The molecule has 5 nitrogen and oxygen atoms in total. The van der Waals surface area contributed by atoms with Gasteiger partial charge in [0.2, 0.25) is 0 Å². The van der Waals surface area contributed by atoms with Crippen LogP contribution in [0.2, 0.25) is 5.15 Å². The van der Waals surface area contributed by atoms with E-state index >= 15 is 0 Å². The summed E-state index contributed by atoms with van der Waals surface area (Å²) in [5.41, 5.74) is 0.212. The number of anilines is 1. The molecule has 6 heteroatoms. The van der Waals surface area contributed by atoms with Gasteiger partial charge in [0.1, 0.15) is 16.5 Å². The molecule has 104 valence electrons. The van der Waals surface area contributed by atoms with E-state index in [1.165, 1.54) is 12.1 Å². The van der Waals surface area contributed by atoms with Gasteiger partial charge in [0.25, 0.3) is 0 Å². The summed E-state index contributed by atoms with van der Waals surface area (Å²) >= 11 is 5.90. The van der Waals surface area contributed by atoms with Gasteiger partial charge in [0, 0.05) is 19.1 Å². The van der Waals surface area contributed by atoms with Gasteiger partial charge < -0.3 is 14.9 Å². The van der Waals surface area contributed by atoms with Gasteiger partial charge in [-0.2, -0.15) is 0 Å². The molecule has 0 bridgehead atoms. The Labute approximate surface area is 117 Å². The van der Waals surface area contributed by atoms with Crippen LogP contribution in [0, 0.1) is 0 Å².